The fourth-order valence-electron chi connectivity index (χ4n) is 1.38. The highest BCUT2D eigenvalue weighted by atomic mass is 16.5. The number of nitrogens with zero attached hydrogens (tertiary/aromatic N) is 1. The number of nitrogens with two attached hydrogens (primary N) is 1. The second kappa shape index (κ2) is 9.96. The van der Waals surface area contributed by atoms with Gasteiger partial charge in [-0.3, -0.25) is 0 Å². The molecule has 3 heteroatoms. The topological polar surface area (TPSA) is 38.5 Å². The molecule has 3 nitrogen and oxygen atoms in total. The highest BCUT2D eigenvalue weighted by Gasteiger charge is 2.19. The monoisotopic (exact) mass is 190 g/mol. The molecule has 1 heterocycles. The molecule has 1 aliphatic rings. The lowest BCUT2D eigenvalue weighted by Gasteiger charge is -2.17. The fraction of sp³-hybridized carbons (Fsp3) is 1.00. The van der Waals surface area contributed by atoms with Crippen molar-refractivity contribution >= 4 is 0 Å². The molecule has 1 saturated heterocycles. The van der Waals surface area contributed by atoms with E-state index in [0.29, 0.717) is 6.04 Å². The van der Waals surface area contributed by atoms with E-state index in [-0.39, 0.29) is 7.43 Å². The first-order chi connectivity index (χ1) is 5.76. The van der Waals surface area contributed by atoms with Gasteiger partial charge in [-0.1, -0.05) is 14.4 Å². The zero-order chi connectivity index (χ0) is 9.40. The summed E-state index contributed by atoms with van der Waals surface area (Å²) in [6, 6.07) is 0.690. The number of methoxy groups -OCH3 is 1. The van der Waals surface area contributed by atoms with E-state index in [1.807, 2.05) is 6.92 Å². The third-order valence-corrected chi connectivity index (χ3v) is 2.03. The van der Waals surface area contributed by atoms with Crippen LogP contribution in [0.2, 0.25) is 0 Å². The number of likely N-dealkylation sites (tertiary alicyclic amines) is 1. The van der Waals surface area contributed by atoms with E-state index in [1.54, 1.807) is 7.11 Å². The molecule has 0 saturated carbocycles. The number of likely N-dealkylation sites (N-methyl/N-ethyl adjacent to an activating group) is 1. The van der Waals surface area contributed by atoms with E-state index in [0.717, 1.165) is 13.2 Å². The van der Waals surface area contributed by atoms with Crippen LogP contribution in [0.3, 0.4) is 0 Å². The molecule has 1 rings (SSSR count). The van der Waals surface area contributed by atoms with Crippen molar-refractivity contribution in [2.75, 3.05) is 33.9 Å². The van der Waals surface area contributed by atoms with Gasteiger partial charge in [-0.2, -0.15) is 0 Å². The van der Waals surface area contributed by atoms with Gasteiger partial charge >= 0.3 is 0 Å². The minimum absolute atomic E-state index is 0. The van der Waals surface area contributed by atoms with Gasteiger partial charge < -0.3 is 15.4 Å². The average molecular weight is 190 g/mol. The summed E-state index contributed by atoms with van der Waals surface area (Å²) in [5.41, 5.74) is 4.85. The molecule has 0 spiro atoms. The number of rotatable bonds is 2. The second-order valence-electron chi connectivity index (χ2n) is 3.14. The molecule has 82 valence electrons. The summed E-state index contributed by atoms with van der Waals surface area (Å²) in [6.45, 7) is 4.80. The standard InChI is InChI=1S/C7H15NO.C2H7N.CH4/c1-8-5-3-4-7(8)6-9-2;1-2-3;/h7H,3-6H2,1-2H3;2-3H2,1H3;1H4/t7-;;/m0../s1. The summed E-state index contributed by atoms with van der Waals surface area (Å²) in [4.78, 5) is 2.36. The fourth-order valence-corrected chi connectivity index (χ4v) is 1.38. The Bertz CT molecular complexity index is 98.9. The van der Waals surface area contributed by atoms with Crippen molar-refractivity contribution in [3.63, 3.8) is 0 Å². The summed E-state index contributed by atoms with van der Waals surface area (Å²) in [5.74, 6) is 0. The summed E-state index contributed by atoms with van der Waals surface area (Å²) >= 11 is 0. The quantitative estimate of drug-likeness (QED) is 0.714. The van der Waals surface area contributed by atoms with Crippen molar-refractivity contribution in [1.29, 1.82) is 0 Å². The molecule has 1 fully saturated rings. The lowest BCUT2D eigenvalue weighted by Crippen LogP contribution is -2.28. The lowest BCUT2D eigenvalue weighted by molar-refractivity contribution is 0.129. The van der Waals surface area contributed by atoms with Crippen LogP contribution >= 0.6 is 0 Å². The van der Waals surface area contributed by atoms with Crippen molar-refractivity contribution in [2.45, 2.75) is 33.2 Å². The maximum absolute atomic E-state index is 5.05. The molecule has 0 aromatic rings. The Kier molecular flexibility index (Phi) is 11.8. The third kappa shape index (κ3) is 6.99. The summed E-state index contributed by atoms with van der Waals surface area (Å²) < 4.78 is 5.05. The van der Waals surface area contributed by atoms with Crippen LogP contribution in [0.15, 0.2) is 0 Å². The van der Waals surface area contributed by atoms with Gasteiger partial charge in [-0.05, 0) is 33.0 Å². The molecule has 13 heavy (non-hydrogen) atoms. The predicted octanol–water partition coefficient (Wildman–Crippen LogP) is 1.33. The van der Waals surface area contributed by atoms with Gasteiger partial charge in [0, 0.05) is 13.2 Å². The van der Waals surface area contributed by atoms with Crippen molar-refractivity contribution in [3.05, 3.63) is 0 Å². The van der Waals surface area contributed by atoms with E-state index in [1.165, 1.54) is 19.4 Å². The number of hydrogen-bond donors (Lipinski definition) is 1. The molecule has 0 aromatic carbocycles. The predicted molar refractivity (Wildman–Crippen MR) is 59.0 cm³/mol. The Balaban J connectivity index is 0. The van der Waals surface area contributed by atoms with Crippen LogP contribution in [-0.2, 0) is 4.74 Å². The Morgan fingerprint density at radius 3 is 2.38 bits per heavy atom. The number of ether oxygens (including phenoxy) is 1. The molecule has 0 radical (unpaired) electrons. The molecule has 0 aliphatic carbocycles. The number of hydrogen-bond acceptors (Lipinski definition) is 3. The summed E-state index contributed by atoms with van der Waals surface area (Å²) in [7, 11) is 3.93. The molecule has 0 unspecified atom stereocenters. The van der Waals surface area contributed by atoms with Crippen LogP contribution in [0.25, 0.3) is 0 Å². The van der Waals surface area contributed by atoms with Gasteiger partial charge in [0.2, 0.25) is 0 Å². The molecular weight excluding hydrogens is 164 g/mol. The normalized spacial score (nSPS) is 21.7. The van der Waals surface area contributed by atoms with Gasteiger partial charge in [-0.25, -0.2) is 0 Å². The maximum Gasteiger partial charge on any atom is 0.0617 e. The SMILES string of the molecule is C.CCN.COC[C@@H]1CCCN1C. The van der Waals surface area contributed by atoms with Crippen LogP contribution in [0.1, 0.15) is 27.2 Å². The molecular formula is C10H26N2O. The third-order valence-electron chi connectivity index (χ3n) is 2.03. The zero-order valence-electron chi connectivity index (χ0n) is 8.55. The molecule has 0 aromatic heterocycles. The average Bonchev–Trinajstić information content (AvgIpc) is 2.39. The smallest absolute Gasteiger partial charge is 0.0617 e. The highest BCUT2D eigenvalue weighted by molar-refractivity contribution is 4.75. The Hall–Kier alpha value is -0.120. The minimum Gasteiger partial charge on any atom is -0.383 e. The minimum atomic E-state index is 0. The summed E-state index contributed by atoms with van der Waals surface area (Å²) in [5, 5.41) is 0. The molecule has 1 atom stereocenters. The zero-order valence-corrected chi connectivity index (χ0v) is 8.55. The van der Waals surface area contributed by atoms with E-state index in [4.69, 9.17) is 10.5 Å². The van der Waals surface area contributed by atoms with E-state index < -0.39 is 0 Å². The first-order valence-electron chi connectivity index (χ1n) is 4.65. The Morgan fingerprint density at radius 1 is 1.54 bits per heavy atom. The molecule has 0 bridgehead atoms. The van der Waals surface area contributed by atoms with Gasteiger partial charge in [0.25, 0.3) is 0 Å². The Morgan fingerprint density at radius 2 is 2.08 bits per heavy atom. The van der Waals surface area contributed by atoms with Gasteiger partial charge in [0.05, 0.1) is 6.61 Å². The van der Waals surface area contributed by atoms with Gasteiger partial charge in [0.1, 0.15) is 0 Å². The van der Waals surface area contributed by atoms with Crippen LogP contribution in [0, 0.1) is 0 Å². The van der Waals surface area contributed by atoms with E-state index in [9.17, 15) is 0 Å². The van der Waals surface area contributed by atoms with E-state index >= 15 is 0 Å². The Labute approximate surface area is 83.2 Å². The van der Waals surface area contributed by atoms with Gasteiger partial charge in [-0.15, -0.1) is 0 Å². The largest absolute Gasteiger partial charge is 0.383 e. The lowest BCUT2D eigenvalue weighted by atomic mass is 10.2. The van der Waals surface area contributed by atoms with Crippen molar-refractivity contribution in [2.24, 2.45) is 5.73 Å². The summed E-state index contributed by atoms with van der Waals surface area (Å²) in [6.07, 6.45) is 2.65. The molecule has 2 N–H and O–H groups in total. The maximum atomic E-state index is 5.05. The van der Waals surface area contributed by atoms with E-state index in [2.05, 4.69) is 11.9 Å². The van der Waals surface area contributed by atoms with Crippen LogP contribution in [-0.4, -0.2) is 44.8 Å². The van der Waals surface area contributed by atoms with Crippen LogP contribution in [0.5, 0.6) is 0 Å². The van der Waals surface area contributed by atoms with Crippen molar-refractivity contribution < 1.29 is 4.74 Å². The van der Waals surface area contributed by atoms with Crippen molar-refractivity contribution in [3.8, 4) is 0 Å². The molecule has 1 aliphatic heterocycles. The van der Waals surface area contributed by atoms with Crippen molar-refractivity contribution in [1.82, 2.24) is 4.90 Å². The first-order valence-corrected chi connectivity index (χ1v) is 4.65. The van der Waals surface area contributed by atoms with Crippen LogP contribution in [0.4, 0.5) is 0 Å². The molecule has 0 amide bonds. The van der Waals surface area contributed by atoms with Crippen LogP contribution < -0.4 is 5.73 Å². The van der Waals surface area contributed by atoms with Gasteiger partial charge in [0.15, 0.2) is 0 Å². The highest BCUT2D eigenvalue weighted by Crippen LogP contribution is 2.13. The second-order valence-corrected chi connectivity index (χ2v) is 3.14. The first kappa shape index (κ1) is 15.4.